The van der Waals surface area contributed by atoms with Crippen LogP contribution < -0.4 is 0 Å². The van der Waals surface area contributed by atoms with Gasteiger partial charge >= 0.3 is 0 Å². The lowest BCUT2D eigenvalue weighted by molar-refractivity contribution is 0.349. The molecule has 1 rings (SSSR count). The van der Waals surface area contributed by atoms with Gasteiger partial charge in [0.1, 0.15) is 0 Å². The predicted molar refractivity (Wildman–Crippen MR) is 101 cm³/mol. The zero-order chi connectivity index (χ0) is 16.6. The highest BCUT2D eigenvalue weighted by molar-refractivity contribution is 5.53. The SMILES string of the molecule is CC\C=C/C=C(C)/C=C/c1ccc(C(C)CC(C)(C)C)cc1. The Balaban J connectivity index is 2.69. The Kier molecular flexibility index (Phi) is 7.38. The summed E-state index contributed by atoms with van der Waals surface area (Å²) in [7, 11) is 0. The van der Waals surface area contributed by atoms with Crippen molar-refractivity contribution in [2.24, 2.45) is 5.41 Å². The Morgan fingerprint density at radius 2 is 1.77 bits per heavy atom. The maximum atomic E-state index is 2.32. The molecule has 0 aromatic heterocycles. The molecule has 0 nitrogen and oxygen atoms in total. The summed E-state index contributed by atoms with van der Waals surface area (Å²) in [6.45, 7) is 13.5. The van der Waals surface area contributed by atoms with Crippen LogP contribution in [0.15, 0.2) is 54.1 Å². The molecule has 1 atom stereocenters. The third-order valence-electron chi connectivity index (χ3n) is 3.69. The van der Waals surface area contributed by atoms with Crippen LogP contribution >= 0.6 is 0 Å². The molecule has 0 saturated carbocycles. The van der Waals surface area contributed by atoms with Crippen molar-refractivity contribution in [2.75, 3.05) is 0 Å². The largest absolute Gasteiger partial charge is 0.0848 e. The molecule has 1 aromatic carbocycles. The van der Waals surface area contributed by atoms with E-state index in [0.717, 1.165) is 6.42 Å². The highest BCUT2D eigenvalue weighted by atomic mass is 14.2. The highest BCUT2D eigenvalue weighted by Gasteiger charge is 2.16. The van der Waals surface area contributed by atoms with Crippen LogP contribution in [-0.4, -0.2) is 0 Å². The molecule has 0 aliphatic heterocycles. The van der Waals surface area contributed by atoms with E-state index >= 15 is 0 Å². The molecule has 0 aliphatic rings. The zero-order valence-corrected chi connectivity index (χ0v) is 15.2. The molecule has 0 heteroatoms. The van der Waals surface area contributed by atoms with E-state index in [9.17, 15) is 0 Å². The van der Waals surface area contributed by atoms with E-state index in [0.29, 0.717) is 11.3 Å². The molecule has 0 saturated heterocycles. The minimum atomic E-state index is 0.381. The summed E-state index contributed by atoms with van der Waals surface area (Å²) in [6.07, 6.45) is 13.1. The summed E-state index contributed by atoms with van der Waals surface area (Å²) in [5.74, 6) is 0.610. The van der Waals surface area contributed by atoms with E-state index in [4.69, 9.17) is 0 Å². The van der Waals surface area contributed by atoms with Crippen molar-refractivity contribution in [3.63, 3.8) is 0 Å². The molecule has 0 aliphatic carbocycles. The van der Waals surface area contributed by atoms with Gasteiger partial charge in [0.05, 0.1) is 0 Å². The van der Waals surface area contributed by atoms with Crippen molar-refractivity contribution in [1.82, 2.24) is 0 Å². The lowest BCUT2D eigenvalue weighted by Crippen LogP contribution is -2.09. The van der Waals surface area contributed by atoms with Crippen molar-refractivity contribution < 1.29 is 0 Å². The molecule has 0 N–H and O–H groups in total. The van der Waals surface area contributed by atoms with Crippen LogP contribution in [0.3, 0.4) is 0 Å². The number of benzene rings is 1. The fourth-order valence-corrected chi connectivity index (χ4v) is 2.61. The van der Waals surface area contributed by atoms with Crippen LogP contribution in [-0.2, 0) is 0 Å². The Hall–Kier alpha value is -1.56. The summed E-state index contributed by atoms with van der Waals surface area (Å²) in [5, 5.41) is 0. The van der Waals surface area contributed by atoms with Gasteiger partial charge in [-0.2, -0.15) is 0 Å². The molecule has 0 heterocycles. The Morgan fingerprint density at radius 3 is 2.32 bits per heavy atom. The summed E-state index contributed by atoms with van der Waals surface area (Å²) < 4.78 is 0. The Morgan fingerprint density at radius 1 is 1.14 bits per heavy atom. The number of hydrogen-bond acceptors (Lipinski definition) is 0. The van der Waals surface area contributed by atoms with Crippen molar-refractivity contribution in [2.45, 2.75) is 60.3 Å². The zero-order valence-electron chi connectivity index (χ0n) is 15.2. The minimum absolute atomic E-state index is 0.381. The first kappa shape index (κ1) is 18.5. The third-order valence-corrected chi connectivity index (χ3v) is 3.69. The van der Waals surface area contributed by atoms with E-state index in [1.165, 1.54) is 23.1 Å². The molecule has 1 aromatic rings. The molecule has 22 heavy (non-hydrogen) atoms. The Bertz CT molecular complexity index is 518. The van der Waals surface area contributed by atoms with Gasteiger partial charge in [0.2, 0.25) is 0 Å². The smallest absolute Gasteiger partial charge is 0.0185 e. The van der Waals surface area contributed by atoms with Gasteiger partial charge in [0.15, 0.2) is 0 Å². The summed E-state index contributed by atoms with van der Waals surface area (Å²) >= 11 is 0. The van der Waals surface area contributed by atoms with Crippen LogP contribution in [0.2, 0.25) is 0 Å². The van der Waals surface area contributed by atoms with Gasteiger partial charge in [-0.3, -0.25) is 0 Å². The van der Waals surface area contributed by atoms with Crippen molar-refractivity contribution in [1.29, 1.82) is 0 Å². The van der Waals surface area contributed by atoms with Crippen molar-refractivity contribution in [3.05, 3.63) is 65.3 Å². The minimum Gasteiger partial charge on any atom is -0.0848 e. The van der Waals surface area contributed by atoms with Gasteiger partial charge < -0.3 is 0 Å². The highest BCUT2D eigenvalue weighted by Crippen LogP contribution is 2.30. The maximum absolute atomic E-state index is 2.32. The first-order valence-electron chi connectivity index (χ1n) is 8.43. The molecular weight excluding hydrogens is 264 g/mol. The third kappa shape index (κ3) is 7.45. The van der Waals surface area contributed by atoms with Gasteiger partial charge in [0.25, 0.3) is 0 Å². The van der Waals surface area contributed by atoms with E-state index in [1.807, 2.05) is 0 Å². The van der Waals surface area contributed by atoms with E-state index < -0.39 is 0 Å². The standard InChI is InChI=1S/C22H32/c1-7-8-9-10-18(2)11-12-20-13-15-21(16-14-20)19(3)17-22(4,5)6/h8-16,19H,7,17H2,1-6H3/b9-8-,12-11+,18-10+. The number of hydrogen-bond donors (Lipinski definition) is 0. The fourth-order valence-electron chi connectivity index (χ4n) is 2.61. The monoisotopic (exact) mass is 296 g/mol. The molecule has 0 spiro atoms. The first-order valence-corrected chi connectivity index (χ1v) is 8.43. The number of allylic oxidation sites excluding steroid dienone is 5. The van der Waals surface area contributed by atoms with Crippen LogP contribution in [0.1, 0.15) is 71.4 Å². The summed E-state index contributed by atoms with van der Waals surface area (Å²) in [4.78, 5) is 0. The average molecular weight is 296 g/mol. The summed E-state index contributed by atoms with van der Waals surface area (Å²) in [5.41, 5.74) is 4.35. The normalized spacial score (nSPS) is 14.9. The van der Waals surface area contributed by atoms with Crippen LogP contribution in [0, 0.1) is 5.41 Å². The Labute approximate surface area is 137 Å². The topological polar surface area (TPSA) is 0 Å². The first-order chi connectivity index (χ1) is 10.3. The predicted octanol–water partition coefficient (Wildman–Crippen LogP) is 7.15. The van der Waals surface area contributed by atoms with Crippen molar-refractivity contribution in [3.8, 4) is 0 Å². The van der Waals surface area contributed by atoms with Gasteiger partial charge in [-0.1, -0.05) is 94.8 Å². The lowest BCUT2D eigenvalue weighted by atomic mass is 9.82. The van der Waals surface area contributed by atoms with E-state index in [1.54, 1.807) is 0 Å². The lowest BCUT2D eigenvalue weighted by Gasteiger charge is -2.23. The van der Waals surface area contributed by atoms with Crippen molar-refractivity contribution >= 4 is 6.08 Å². The van der Waals surface area contributed by atoms with Crippen LogP contribution in [0.25, 0.3) is 6.08 Å². The maximum Gasteiger partial charge on any atom is -0.0185 e. The molecule has 0 radical (unpaired) electrons. The molecule has 0 amide bonds. The molecule has 1 unspecified atom stereocenters. The van der Waals surface area contributed by atoms with Gasteiger partial charge in [-0.25, -0.2) is 0 Å². The van der Waals surface area contributed by atoms with Crippen LogP contribution in [0.5, 0.6) is 0 Å². The van der Waals surface area contributed by atoms with E-state index in [-0.39, 0.29) is 0 Å². The van der Waals surface area contributed by atoms with Crippen LogP contribution in [0.4, 0.5) is 0 Å². The second-order valence-corrected chi connectivity index (χ2v) is 7.41. The van der Waals surface area contributed by atoms with Gasteiger partial charge in [0, 0.05) is 0 Å². The molecule has 0 bridgehead atoms. The number of rotatable bonds is 6. The molecule has 120 valence electrons. The molecule has 0 fully saturated rings. The summed E-state index contributed by atoms with van der Waals surface area (Å²) in [6, 6.07) is 8.98. The average Bonchev–Trinajstić information content (AvgIpc) is 2.44. The molecular formula is C22H32. The second-order valence-electron chi connectivity index (χ2n) is 7.41. The van der Waals surface area contributed by atoms with E-state index in [2.05, 4.69) is 96.2 Å². The van der Waals surface area contributed by atoms with Gasteiger partial charge in [-0.15, -0.1) is 0 Å². The fraction of sp³-hybridized carbons (Fsp3) is 0.455. The van der Waals surface area contributed by atoms with Gasteiger partial charge in [-0.05, 0) is 42.2 Å². The quantitative estimate of drug-likeness (QED) is 0.489. The second kappa shape index (κ2) is 8.78.